The topological polar surface area (TPSA) is 115 Å². The van der Waals surface area contributed by atoms with Crippen LogP contribution in [0, 0.1) is 17.2 Å². The number of nitrogens with zero attached hydrogens (tertiary/aromatic N) is 2. The average molecular weight is 467 g/mol. The van der Waals surface area contributed by atoms with Gasteiger partial charge in [0.05, 0.1) is 27.2 Å². The number of aromatic amines is 1. The number of aromatic nitrogens is 2. The fourth-order valence-corrected chi connectivity index (χ4v) is 4.76. The summed E-state index contributed by atoms with van der Waals surface area (Å²) in [5.74, 6) is 0.0267. The predicted octanol–water partition coefficient (Wildman–Crippen LogP) is 1.58. The van der Waals surface area contributed by atoms with Crippen LogP contribution >= 0.6 is 11.3 Å². The average Bonchev–Trinajstić information content (AvgIpc) is 3.36. The maximum atomic E-state index is 12.7. The molecule has 3 rings (SSSR count). The first-order chi connectivity index (χ1) is 16.0. The summed E-state index contributed by atoms with van der Waals surface area (Å²) in [4.78, 5) is 28.2. The summed E-state index contributed by atoms with van der Waals surface area (Å²) in [5.41, 5.74) is 2.44. The summed E-state index contributed by atoms with van der Waals surface area (Å²) >= 11 is 1.43. The Morgan fingerprint density at radius 1 is 1.36 bits per heavy atom. The van der Waals surface area contributed by atoms with Crippen molar-refractivity contribution in [1.29, 1.82) is 5.26 Å². The Hall–Kier alpha value is -3.35. The van der Waals surface area contributed by atoms with Crippen molar-refractivity contribution < 1.29 is 4.79 Å². The third kappa shape index (κ3) is 5.92. The van der Waals surface area contributed by atoms with E-state index in [9.17, 15) is 9.59 Å². The van der Waals surface area contributed by atoms with Gasteiger partial charge in [0.2, 0.25) is 0 Å². The van der Waals surface area contributed by atoms with Crippen molar-refractivity contribution in [2.24, 2.45) is 5.92 Å². The molecule has 1 aromatic carbocycles. The molecule has 0 saturated carbocycles. The van der Waals surface area contributed by atoms with E-state index in [4.69, 9.17) is 5.26 Å². The van der Waals surface area contributed by atoms with Gasteiger partial charge >= 0.3 is 0 Å². The zero-order chi connectivity index (χ0) is 23.8. The highest BCUT2D eigenvalue weighted by atomic mass is 32.1. The smallest absolute Gasteiger partial charge is 0.268 e. The second-order valence-corrected chi connectivity index (χ2v) is 8.83. The lowest BCUT2D eigenvalue weighted by atomic mass is 10.1. The van der Waals surface area contributed by atoms with Crippen molar-refractivity contribution in [3.63, 3.8) is 0 Å². The zero-order valence-electron chi connectivity index (χ0n) is 19.2. The second kappa shape index (κ2) is 11.5. The number of benzene rings is 1. The molecule has 0 saturated heterocycles. The number of likely N-dealkylation sites (N-methyl/N-ethyl adjacent to an activating group) is 1. The standard InChI is InChI=1S/C24H30N6O2S/c1-4-30-22(6-5-9-25)33-21(24(30)32)12-16(2)14-28-17-7-8-18-19(15-29-20(18)13-17)23(31)27-11-10-26-3/h6-8,12-13,15-16,26,28-29H,4-5,10-11,14H2,1-3H3,(H,27,31). The van der Waals surface area contributed by atoms with Crippen LogP contribution in [-0.2, 0) is 6.54 Å². The minimum atomic E-state index is -0.0968. The molecular weight excluding hydrogens is 436 g/mol. The van der Waals surface area contributed by atoms with E-state index >= 15 is 0 Å². The molecule has 0 spiro atoms. The Labute approximate surface area is 196 Å². The summed E-state index contributed by atoms with van der Waals surface area (Å²) in [7, 11) is 1.85. The number of fused-ring (bicyclic) bond motifs is 1. The molecule has 2 aromatic heterocycles. The van der Waals surface area contributed by atoms with Crippen LogP contribution in [0.2, 0.25) is 0 Å². The summed E-state index contributed by atoms with van der Waals surface area (Å²) in [6.07, 6.45) is 5.81. The quantitative estimate of drug-likeness (QED) is 0.339. The number of carbonyl (C=O) groups is 1. The maximum absolute atomic E-state index is 12.7. The third-order valence-corrected chi connectivity index (χ3v) is 6.40. The fourth-order valence-electron chi connectivity index (χ4n) is 3.55. The summed E-state index contributed by atoms with van der Waals surface area (Å²) in [6.45, 7) is 6.52. The molecule has 0 fully saturated rings. The Morgan fingerprint density at radius 3 is 2.91 bits per heavy atom. The molecule has 4 N–H and O–H groups in total. The first-order valence-electron chi connectivity index (χ1n) is 11.0. The molecule has 1 atom stereocenters. The van der Waals surface area contributed by atoms with Gasteiger partial charge in [0.1, 0.15) is 0 Å². The van der Waals surface area contributed by atoms with Crippen LogP contribution in [0.4, 0.5) is 5.69 Å². The van der Waals surface area contributed by atoms with Crippen molar-refractivity contribution in [2.75, 3.05) is 32.0 Å². The van der Waals surface area contributed by atoms with Gasteiger partial charge < -0.3 is 20.9 Å². The molecule has 1 amide bonds. The summed E-state index contributed by atoms with van der Waals surface area (Å²) in [6, 6.07) is 7.97. The van der Waals surface area contributed by atoms with Crippen molar-refractivity contribution in [3.8, 4) is 6.07 Å². The molecule has 9 heteroatoms. The summed E-state index contributed by atoms with van der Waals surface area (Å²) < 4.78 is 3.24. The van der Waals surface area contributed by atoms with Gasteiger partial charge in [0, 0.05) is 49.0 Å². The van der Waals surface area contributed by atoms with E-state index in [1.54, 1.807) is 16.8 Å². The van der Waals surface area contributed by atoms with E-state index in [0.29, 0.717) is 36.3 Å². The Morgan fingerprint density at radius 2 is 2.18 bits per heavy atom. The van der Waals surface area contributed by atoms with Gasteiger partial charge in [-0.3, -0.25) is 14.2 Å². The molecule has 3 aromatic rings. The fraction of sp³-hybridized carbons (Fsp3) is 0.375. The van der Waals surface area contributed by atoms with Crippen LogP contribution in [0.15, 0.2) is 29.2 Å². The number of H-pyrrole nitrogens is 1. The van der Waals surface area contributed by atoms with E-state index < -0.39 is 0 Å². The molecule has 33 heavy (non-hydrogen) atoms. The number of carbonyl (C=O) groups excluding carboxylic acids is 1. The van der Waals surface area contributed by atoms with Gasteiger partial charge in [-0.25, -0.2) is 0 Å². The van der Waals surface area contributed by atoms with Crippen molar-refractivity contribution in [1.82, 2.24) is 20.2 Å². The largest absolute Gasteiger partial charge is 0.384 e. The summed E-state index contributed by atoms with van der Waals surface area (Å²) in [5, 5.41) is 19.0. The molecule has 174 valence electrons. The van der Waals surface area contributed by atoms with E-state index in [1.165, 1.54) is 11.3 Å². The molecule has 8 nitrogen and oxygen atoms in total. The number of rotatable bonds is 10. The van der Waals surface area contributed by atoms with Crippen LogP contribution in [-0.4, -0.2) is 42.1 Å². The lowest BCUT2D eigenvalue weighted by Gasteiger charge is -2.10. The number of hydrogen-bond donors (Lipinski definition) is 4. The maximum Gasteiger partial charge on any atom is 0.268 e. The van der Waals surface area contributed by atoms with Crippen LogP contribution in [0.25, 0.3) is 23.1 Å². The molecule has 0 bridgehead atoms. The Kier molecular flexibility index (Phi) is 8.46. The number of nitrogens with one attached hydrogen (secondary N) is 4. The molecule has 2 heterocycles. The molecular formula is C24H30N6O2S. The predicted molar refractivity (Wildman–Crippen MR) is 135 cm³/mol. The van der Waals surface area contributed by atoms with Crippen molar-refractivity contribution in [3.05, 3.63) is 49.5 Å². The minimum Gasteiger partial charge on any atom is -0.384 e. The van der Waals surface area contributed by atoms with Crippen LogP contribution < -0.4 is 30.7 Å². The molecule has 1 unspecified atom stereocenters. The molecule has 0 aliphatic carbocycles. The number of anilines is 1. The Bertz CT molecular complexity index is 1330. The van der Waals surface area contributed by atoms with Gasteiger partial charge in [0.15, 0.2) is 0 Å². The first kappa shape index (κ1) is 24.3. The molecule has 0 aliphatic rings. The highest BCUT2D eigenvalue weighted by molar-refractivity contribution is 7.07. The Balaban J connectivity index is 1.71. The van der Waals surface area contributed by atoms with Crippen LogP contribution in [0.3, 0.4) is 0 Å². The van der Waals surface area contributed by atoms with Gasteiger partial charge in [-0.1, -0.05) is 13.0 Å². The second-order valence-electron chi connectivity index (χ2n) is 7.77. The van der Waals surface area contributed by atoms with E-state index in [2.05, 4.69) is 33.9 Å². The SMILES string of the molecule is CCn1c(=CCC#N)sc(=CC(C)CNc2ccc3c(C(=O)NCCNC)c[nH]c3c2)c1=O. The molecule has 0 radical (unpaired) electrons. The van der Waals surface area contributed by atoms with Crippen molar-refractivity contribution in [2.45, 2.75) is 26.8 Å². The highest BCUT2D eigenvalue weighted by Gasteiger charge is 2.12. The van der Waals surface area contributed by atoms with Gasteiger partial charge in [-0.05, 0) is 44.2 Å². The van der Waals surface area contributed by atoms with E-state index in [1.807, 2.05) is 38.2 Å². The van der Waals surface area contributed by atoms with Gasteiger partial charge in [0.25, 0.3) is 11.5 Å². The lowest BCUT2D eigenvalue weighted by molar-refractivity contribution is 0.0956. The minimum absolute atomic E-state index is 0.00753. The highest BCUT2D eigenvalue weighted by Crippen LogP contribution is 2.22. The van der Waals surface area contributed by atoms with Crippen LogP contribution in [0.1, 0.15) is 30.6 Å². The normalized spacial score (nSPS) is 13.3. The van der Waals surface area contributed by atoms with Crippen LogP contribution in [0.5, 0.6) is 0 Å². The monoisotopic (exact) mass is 466 g/mol. The number of nitriles is 1. The van der Waals surface area contributed by atoms with E-state index in [0.717, 1.165) is 21.3 Å². The number of thiazole rings is 1. The van der Waals surface area contributed by atoms with Gasteiger partial charge in [-0.2, -0.15) is 5.26 Å². The number of amides is 1. The third-order valence-electron chi connectivity index (χ3n) is 5.27. The van der Waals surface area contributed by atoms with Gasteiger partial charge in [-0.15, -0.1) is 11.3 Å². The van der Waals surface area contributed by atoms with Crippen molar-refractivity contribution >= 4 is 46.0 Å². The zero-order valence-corrected chi connectivity index (χ0v) is 20.0. The number of hydrogen-bond acceptors (Lipinski definition) is 6. The molecule has 0 aliphatic heterocycles. The first-order valence-corrected chi connectivity index (χ1v) is 11.9. The lowest BCUT2D eigenvalue weighted by Crippen LogP contribution is -2.31. The van der Waals surface area contributed by atoms with E-state index in [-0.39, 0.29) is 23.8 Å².